The van der Waals surface area contributed by atoms with Gasteiger partial charge in [0.25, 0.3) is 0 Å². The molecule has 118 valence electrons. The molecule has 0 aliphatic rings. The van der Waals surface area contributed by atoms with Crippen molar-refractivity contribution in [2.24, 2.45) is 0 Å². The van der Waals surface area contributed by atoms with Crippen LogP contribution in [0.5, 0.6) is 5.75 Å². The van der Waals surface area contributed by atoms with Crippen LogP contribution in [0.2, 0.25) is 10.0 Å². The number of hydrogen-bond acceptors (Lipinski definition) is 4. The molecule has 0 spiro atoms. The zero-order valence-corrected chi connectivity index (χ0v) is 14.5. The van der Waals surface area contributed by atoms with Gasteiger partial charge in [0.05, 0.1) is 21.3 Å². The van der Waals surface area contributed by atoms with E-state index in [-0.39, 0.29) is 5.75 Å². The van der Waals surface area contributed by atoms with Crippen LogP contribution >= 0.6 is 34.5 Å². The Kier molecular flexibility index (Phi) is 4.86. The lowest BCUT2D eigenvalue weighted by Crippen LogP contribution is -1.83. The molecule has 24 heavy (non-hydrogen) atoms. The maximum absolute atomic E-state index is 9.42. The fourth-order valence-electron chi connectivity index (χ4n) is 2.06. The summed E-state index contributed by atoms with van der Waals surface area (Å²) in [6.07, 6.45) is 1.73. The van der Waals surface area contributed by atoms with E-state index >= 15 is 0 Å². The highest BCUT2D eigenvalue weighted by molar-refractivity contribution is 7.11. The van der Waals surface area contributed by atoms with E-state index in [0.29, 0.717) is 20.6 Å². The van der Waals surface area contributed by atoms with E-state index in [1.807, 2.05) is 11.4 Å². The Morgan fingerprint density at radius 1 is 1.12 bits per heavy atom. The average Bonchev–Trinajstić information content (AvgIpc) is 3.06. The number of hydrogen-bond donors (Lipinski definition) is 1. The van der Waals surface area contributed by atoms with Crippen molar-refractivity contribution in [3.63, 3.8) is 0 Å². The van der Waals surface area contributed by atoms with Crippen LogP contribution in [0.3, 0.4) is 0 Å². The van der Waals surface area contributed by atoms with E-state index < -0.39 is 0 Å². The van der Waals surface area contributed by atoms with Gasteiger partial charge in [0.1, 0.15) is 16.8 Å². The number of aromatic hydroxyl groups is 1. The summed E-state index contributed by atoms with van der Waals surface area (Å²) in [5, 5.41) is 22.2. The number of nitrogens with zero attached hydrogens (tertiary/aromatic N) is 2. The minimum atomic E-state index is 0.182. The standard InChI is InChI=1S/C18H10Cl2N2OS/c19-15-6-3-12(8-16(15)20)17-10-24-18(22-17)13(9-21)7-11-1-4-14(23)5-2-11/h1-8,10,23H/b13-7+. The first-order valence-corrected chi connectivity index (χ1v) is 8.52. The van der Waals surface area contributed by atoms with Crippen molar-refractivity contribution in [3.05, 3.63) is 68.5 Å². The van der Waals surface area contributed by atoms with Gasteiger partial charge in [-0.1, -0.05) is 41.4 Å². The Labute approximate surface area is 153 Å². The molecule has 0 saturated carbocycles. The van der Waals surface area contributed by atoms with E-state index in [9.17, 15) is 10.4 Å². The summed E-state index contributed by atoms with van der Waals surface area (Å²) in [6, 6.07) is 14.1. The molecule has 3 rings (SSSR count). The number of nitriles is 1. The molecule has 3 nitrogen and oxygen atoms in total. The molecule has 3 aromatic rings. The molecule has 0 fully saturated rings. The number of allylic oxidation sites excluding steroid dienone is 1. The van der Waals surface area contributed by atoms with Gasteiger partial charge in [0.15, 0.2) is 0 Å². The Balaban J connectivity index is 1.94. The quantitative estimate of drug-likeness (QED) is 0.583. The highest BCUT2D eigenvalue weighted by Crippen LogP contribution is 2.31. The zero-order valence-electron chi connectivity index (χ0n) is 12.2. The van der Waals surface area contributed by atoms with E-state index in [1.54, 1.807) is 42.5 Å². The van der Waals surface area contributed by atoms with Crippen molar-refractivity contribution < 1.29 is 5.11 Å². The summed E-state index contributed by atoms with van der Waals surface area (Å²) < 4.78 is 0. The van der Waals surface area contributed by atoms with Crippen LogP contribution in [0, 0.1) is 11.3 Å². The molecule has 0 radical (unpaired) electrons. The normalized spacial score (nSPS) is 11.3. The fourth-order valence-corrected chi connectivity index (χ4v) is 3.16. The minimum Gasteiger partial charge on any atom is -0.508 e. The molecule has 2 aromatic carbocycles. The Morgan fingerprint density at radius 2 is 1.88 bits per heavy atom. The molecule has 1 heterocycles. The monoisotopic (exact) mass is 372 g/mol. The van der Waals surface area contributed by atoms with Crippen LogP contribution in [0.1, 0.15) is 10.6 Å². The van der Waals surface area contributed by atoms with Gasteiger partial charge >= 0.3 is 0 Å². The summed E-state index contributed by atoms with van der Waals surface area (Å²) in [5.74, 6) is 0.182. The molecular formula is C18H10Cl2N2OS. The van der Waals surface area contributed by atoms with Crippen LogP contribution in [0.4, 0.5) is 0 Å². The van der Waals surface area contributed by atoms with Crippen LogP contribution in [0.15, 0.2) is 47.8 Å². The van der Waals surface area contributed by atoms with Crippen molar-refractivity contribution in [3.8, 4) is 23.1 Å². The molecule has 0 aliphatic heterocycles. The number of thiazole rings is 1. The van der Waals surface area contributed by atoms with Crippen LogP contribution in [-0.2, 0) is 0 Å². The summed E-state index contributed by atoms with van der Waals surface area (Å²) >= 11 is 13.4. The summed E-state index contributed by atoms with van der Waals surface area (Å²) in [4.78, 5) is 4.51. The third-order valence-corrected chi connectivity index (χ3v) is 4.89. The van der Waals surface area contributed by atoms with Gasteiger partial charge in [-0.25, -0.2) is 4.98 Å². The van der Waals surface area contributed by atoms with Gasteiger partial charge in [-0.15, -0.1) is 11.3 Å². The van der Waals surface area contributed by atoms with Crippen LogP contribution < -0.4 is 0 Å². The zero-order chi connectivity index (χ0) is 17.1. The SMILES string of the molecule is N#C/C(=C\c1ccc(O)cc1)c1nc(-c2ccc(Cl)c(Cl)c2)cs1. The van der Waals surface area contributed by atoms with E-state index in [4.69, 9.17) is 23.2 Å². The first-order valence-electron chi connectivity index (χ1n) is 6.89. The predicted octanol–water partition coefficient (Wildman–Crippen LogP) is 5.89. The van der Waals surface area contributed by atoms with Gasteiger partial charge in [-0.3, -0.25) is 0 Å². The fraction of sp³-hybridized carbons (Fsp3) is 0. The highest BCUT2D eigenvalue weighted by atomic mass is 35.5. The van der Waals surface area contributed by atoms with Crippen molar-refractivity contribution in [1.29, 1.82) is 5.26 Å². The van der Waals surface area contributed by atoms with Gasteiger partial charge in [0, 0.05) is 10.9 Å². The number of aromatic nitrogens is 1. The molecular weight excluding hydrogens is 363 g/mol. The second-order valence-electron chi connectivity index (χ2n) is 4.93. The number of halogens is 2. The highest BCUT2D eigenvalue weighted by Gasteiger charge is 2.10. The predicted molar refractivity (Wildman–Crippen MR) is 99.2 cm³/mol. The number of benzene rings is 2. The largest absolute Gasteiger partial charge is 0.508 e. The van der Waals surface area contributed by atoms with Crippen molar-refractivity contribution in [1.82, 2.24) is 4.98 Å². The van der Waals surface area contributed by atoms with Gasteiger partial charge in [-0.2, -0.15) is 5.26 Å². The maximum Gasteiger partial charge on any atom is 0.134 e. The lowest BCUT2D eigenvalue weighted by molar-refractivity contribution is 0.475. The number of phenolic OH excluding ortho intramolecular Hbond substituents is 1. The third-order valence-electron chi connectivity index (χ3n) is 3.27. The molecule has 0 atom stereocenters. The minimum absolute atomic E-state index is 0.182. The Hall–Kier alpha value is -2.32. The molecule has 0 unspecified atom stereocenters. The van der Waals surface area contributed by atoms with E-state index in [1.165, 1.54) is 11.3 Å². The Bertz CT molecular complexity index is 956. The van der Waals surface area contributed by atoms with Crippen LogP contribution in [0.25, 0.3) is 22.9 Å². The third kappa shape index (κ3) is 3.60. The first-order chi connectivity index (χ1) is 11.6. The summed E-state index contributed by atoms with van der Waals surface area (Å²) in [5.41, 5.74) is 2.85. The number of rotatable bonds is 3. The molecule has 1 N–H and O–H groups in total. The summed E-state index contributed by atoms with van der Waals surface area (Å²) in [7, 11) is 0. The van der Waals surface area contributed by atoms with Gasteiger partial charge < -0.3 is 5.11 Å². The topological polar surface area (TPSA) is 56.9 Å². The Morgan fingerprint density at radius 3 is 2.54 bits per heavy atom. The molecule has 0 bridgehead atoms. The van der Waals surface area contributed by atoms with Gasteiger partial charge in [0.2, 0.25) is 0 Å². The second-order valence-corrected chi connectivity index (χ2v) is 6.60. The first kappa shape index (κ1) is 16.5. The van der Waals surface area contributed by atoms with Crippen molar-refractivity contribution >= 4 is 46.2 Å². The van der Waals surface area contributed by atoms with Crippen molar-refractivity contribution in [2.45, 2.75) is 0 Å². The van der Waals surface area contributed by atoms with E-state index in [2.05, 4.69) is 11.1 Å². The second kappa shape index (κ2) is 7.06. The molecule has 1 aromatic heterocycles. The maximum atomic E-state index is 9.42. The summed E-state index contributed by atoms with van der Waals surface area (Å²) in [6.45, 7) is 0. The van der Waals surface area contributed by atoms with Crippen molar-refractivity contribution in [2.75, 3.05) is 0 Å². The van der Waals surface area contributed by atoms with Gasteiger partial charge in [-0.05, 0) is 35.9 Å². The lowest BCUT2D eigenvalue weighted by atomic mass is 10.1. The number of phenols is 1. The lowest BCUT2D eigenvalue weighted by Gasteiger charge is -1.99. The van der Waals surface area contributed by atoms with E-state index in [0.717, 1.165) is 16.8 Å². The average molecular weight is 373 g/mol. The molecule has 6 heteroatoms. The molecule has 0 saturated heterocycles. The van der Waals surface area contributed by atoms with Crippen LogP contribution in [-0.4, -0.2) is 10.1 Å². The smallest absolute Gasteiger partial charge is 0.134 e. The molecule has 0 aliphatic carbocycles. The molecule has 0 amide bonds.